The summed E-state index contributed by atoms with van der Waals surface area (Å²) in [4.78, 5) is 5.56. The minimum atomic E-state index is -4.14. The summed E-state index contributed by atoms with van der Waals surface area (Å²) in [6.07, 6.45) is 5.22. The van der Waals surface area contributed by atoms with E-state index in [1.165, 1.54) is 24.2 Å². The Bertz CT molecular complexity index is 856. The van der Waals surface area contributed by atoms with E-state index in [0.717, 1.165) is 25.7 Å². The number of sulfonamides is 1. The Morgan fingerprint density at radius 2 is 2.04 bits per heavy atom. The summed E-state index contributed by atoms with van der Waals surface area (Å²) in [5.41, 5.74) is -1.06. The monoisotopic (exact) mass is 432 g/mol. The Kier molecular flexibility index (Phi) is 5.98. The molecule has 2 aliphatic rings. The molecule has 3 rings (SSSR count). The molecule has 1 aromatic rings. The Morgan fingerprint density at radius 1 is 1.37 bits per heavy atom. The second kappa shape index (κ2) is 7.79. The molecular weight excluding hydrogens is 408 g/mol. The van der Waals surface area contributed by atoms with Crippen LogP contribution in [0.4, 0.5) is 5.69 Å². The van der Waals surface area contributed by atoms with Gasteiger partial charge in [0.25, 0.3) is 0 Å². The fraction of sp³-hybridized carbons (Fsp3) is 0.588. The summed E-state index contributed by atoms with van der Waals surface area (Å²) < 4.78 is 25.1. The number of benzene rings is 1. The SMILES string of the molecule is CN=C1SCC(O)(c2ccc(Cl)c(NC3CCCCC3)c2S(N)(=O)=O)N1C. The number of nitrogens with two attached hydrogens (primary N) is 1. The van der Waals surface area contributed by atoms with E-state index in [0.29, 0.717) is 5.17 Å². The highest BCUT2D eigenvalue weighted by Crippen LogP contribution is 2.44. The number of halogens is 1. The average Bonchev–Trinajstić information content (AvgIpc) is 2.92. The van der Waals surface area contributed by atoms with E-state index in [4.69, 9.17) is 16.7 Å². The molecule has 1 aromatic carbocycles. The number of hydrogen-bond acceptors (Lipinski definition) is 6. The van der Waals surface area contributed by atoms with Gasteiger partial charge in [0.15, 0.2) is 10.9 Å². The summed E-state index contributed by atoms with van der Waals surface area (Å²) in [6.45, 7) is 0. The summed E-state index contributed by atoms with van der Waals surface area (Å²) in [7, 11) is -0.837. The molecule has 1 saturated carbocycles. The average molecular weight is 433 g/mol. The molecule has 1 aliphatic carbocycles. The quantitative estimate of drug-likeness (QED) is 0.674. The Balaban J connectivity index is 2.14. The van der Waals surface area contributed by atoms with Crippen LogP contribution in [0.2, 0.25) is 5.02 Å². The second-order valence-electron chi connectivity index (χ2n) is 6.99. The molecule has 0 radical (unpaired) electrons. The minimum Gasteiger partial charge on any atom is -0.380 e. The van der Waals surface area contributed by atoms with Crippen LogP contribution in [0.1, 0.15) is 37.7 Å². The predicted octanol–water partition coefficient (Wildman–Crippen LogP) is 2.54. The van der Waals surface area contributed by atoms with Gasteiger partial charge in [-0.25, -0.2) is 13.6 Å². The fourth-order valence-corrected chi connectivity index (χ4v) is 6.16. The van der Waals surface area contributed by atoms with Crippen molar-refractivity contribution >= 4 is 44.2 Å². The van der Waals surface area contributed by atoms with Gasteiger partial charge in [0.1, 0.15) is 4.90 Å². The lowest BCUT2D eigenvalue weighted by Crippen LogP contribution is -2.43. The summed E-state index contributed by atoms with van der Waals surface area (Å²) >= 11 is 7.72. The first kappa shape index (κ1) is 20.7. The number of aliphatic imine (C=N–C) groups is 1. The first-order chi connectivity index (χ1) is 12.7. The molecule has 1 heterocycles. The number of anilines is 1. The van der Waals surface area contributed by atoms with Crippen molar-refractivity contribution in [1.29, 1.82) is 0 Å². The molecule has 10 heteroatoms. The second-order valence-corrected chi connectivity index (χ2v) is 9.84. The van der Waals surface area contributed by atoms with Crippen molar-refractivity contribution in [1.82, 2.24) is 4.90 Å². The molecule has 1 unspecified atom stereocenters. The van der Waals surface area contributed by atoms with Crippen molar-refractivity contribution in [3.8, 4) is 0 Å². The Hall–Kier alpha value is -1.00. The van der Waals surface area contributed by atoms with Crippen molar-refractivity contribution in [2.24, 2.45) is 10.1 Å². The molecule has 4 N–H and O–H groups in total. The number of nitrogens with zero attached hydrogens (tertiary/aromatic N) is 2. The van der Waals surface area contributed by atoms with E-state index < -0.39 is 15.7 Å². The van der Waals surface area contributed by atoms with E-state index in [2.05, 4.69) is 10.3 Å². The van der Waals surface area contributed by atoms with Crippen LogP contribution >= 0.6 is 23.4 Å². The Morgan fingerprint density at radius 3 is 2.59 bits per heavy atom. The van der Waals surface area contributed by atoms with Gasteiger partial charge >= 0.3 is 0 Å². The van der Waals surface area contributed by atoms with Gasteiger partial charge < -0.3 is 15.3 Å². The molecular formula is C17H25ClN4O3S2. The van der Waals surface area contributed by atoms with Gasteiger partial charge in [-0.2, -0.15) is 0 Å². The van der Waals surface area contributed by atoms with Crippen molar-refractivity contribution in [3.63, 3.8) is 0 Å². The van der Waals surface area contributed by atoms with Crippen LogP contribution in [0.15, 0.2) is 22.0 Å². The molecule has 1 atom stereocenters. The highest BCUT2D eigenvalue weighted by Gasteiger charge is 2.46. The maximum Gasteiger partial charge on any atom is 0.240 e. The van der Waals surface area contributed by atoms with E-state index in [1.807, 2.05) is 0 Å². The number of nitrogens with one attached hydrogen (secondary N) is 1. The lowest BCUT2D eigenvalue weighted by molar-refractivity contribution is -0.0372. The number of amidine groups is 1. The highest BCUT2D eigenvalue weighted by atomic mass is 35.5. The van der Waals surface area contributed by atoms with Gasteiger partial charge in [-0.15, -0.1) is 0 Å². The van der Waals surface area contributed by atoms with Gasteiger partial charge in [-0.05, 0) is 18.9 Å². The van der Waals surface area contributed by atoms with Gasteiger partial charge in [-0.3, -0.25) is 4.99 Å². The van der Waals surface area contributed by atoms with E-state index in [1.54, 1.807) is 25.1 Å². The molecule has 1 saturated heterocycles. The van der Waals surface area contributed by atoms with E-state index in [9.17, 15) is 13.5 Å². The normalized spacial score (nSPS) is 26.0. The lowest BCUT2D eigenvalue weighted by atomic mass is 9.95. The van der Waals surface area contributed by atoms with Gasteiger partial charge in [0.05, 0.1) is 16.5 Å². The van der Waals surface area contributed by atoms with E-state index in [-0.39, 0.29) is 33.0 Å². The number of rotatable bonds is 4. The molecule has 0 spiro atoms. The molecule has 2 fully saturated rings. The standard InChI is InChI=1S/C17H25ClN4O3S2/c1-20-16-22(2)17(23,10-26-16)12-8-9-13(18)14(15(12)27(19,24)25)21-11-6-4-3-5-7-11/h8-9,11,21,23H,3-7,10H2,1-2H3,(H2,19,24,25). The van der Waals surface area contributed by atoms with Gasteiger partial charge in [0, 0.05) is 25.7 Å². The largest absolute Gasteiger partial charge is 0.380 e. The molecule has 27 heavy (non-hydrogen) atoms. The van der Waals surface area contributed by atoms with Crippen LogP contribution in [-0.2, 0) is 15.7 Å². The zero-order valence-electron chi connectivity index (χ0n) is 15.4. The smallest absolute Gasteiger partial charge is 0.240 e. The van der Waals surface area contributed by atoms with Crippen LogP contribution in [-0.4, -0.2) is 49.5 Å². The molecule has 0 aromatic heterocycles. The third kappa shape index (κ3) is 3.93. The van der Waals surface area contributed by atoms with Crippen molar-refractivity contribution in [2.45, 2.75) is 48.8 Å². The van der Waals surface area contributed by atoms with Crippen LogP contribution in [0.25, 0.3) is 0 Å². The first-order valence-electron chi connectivity index (χ1n) is 8.86. The van der Waals surface area contributed by atoms with Crippen LogP contribution in [0.3, 0.4) is 0 Å². The van der Waals surface area contributed by atoms with Crippen molar-refractivity contribution in [2.75, 3.05) is 25.2 Å². The lowest BCUT2D eigenvalue weighted by Gasteiger charge is -2.34. The third-order valence-electron chi connectivity index (χ3n) is 5.21. The van der Waals surface area contributed by atoms with Crippen molar-refractivity contribution < 1.29 is 13.5 Å². The van der Waals surface area contributed by atoms with Crippen LogP contribution < -0.4 is 10.5 Å². The van der Waals surface area contributed by atoms with E-state index >= 15 is 0 Å². The van der Waals surface area contributed by atoms with Crippen LogP contribution in [0.5, 0.6) is 0 Å². The fourth-order valence-electron chi connectivity index (χ4n) is 3.75. The number of aliphatic hydroxyl groups is 1. The first-order valence-corrected chi connectivity index (χ1v) is 11.8. The summed E-state index contributed by atoms with van der Waals surface area (Å²) in [5.74, 6) is 0.239. The predicted molar refractivity (Wildman–Crippen MR) is 111 cm³/mol. The maximum absolute atomic E-state index is 12.5. The molecule has 0 bridgehead atoms. The zero-order chi connectivity index (χ0) is 19.8. The van der Waals surface area contributed by atoms with Crippen LogP contribution in [0, 0.1) is 0 Å². The number of primary sulfonamides is 1. The Labute approximate surface area is 169 Å². The van der Waals surface area contributed by atoms with Crippen molar-refractivity contribution in [3.05, 3.63) is 22.7 Å². The zero-order valence-corrected chi connectivity index (χ0v) is 17.8. The number of thioether (sulfide) groups is 1. The third-order valence-corrected chi connectivity index (χ3v) is 7.78. The molecule has 150 valence electrons. The topological polar surface area (TPSA) is 108 Å². The minimum absolute atomic E-state index is 0.130. The summed E-state index contributed by atoms with van der Waals surface area (Å²) in [6, 6.07) is 3.27. The number of hydrogen-bond donors (Lipinski definition) is 3. The molecule has 0 amide bonds. The highest BCUT2D eigenvalue weighted by molar-refractivity contribution is 8.14. The maximum atomic E-state index is 12.5. The molecule has 7 nitrogen and oxygen atoms in total. The van der Waals surface area contributed by atoms with Gasteiger partial charge in [0.2, 0.25) is 10.0 Å². The summed E-state index contributed by atoms with van der Waals surface area (Å²) in [5, 5.41) is 21.1. The van der Waals surface area contributed by atoms with Gasteiger partial charge in [-0.1, -0.05) is 48.7 Å². The molecule has 1 aliphatic heterocycles.